The van der Waals surface area contributed by atoms with Crippen LogP contribution in [0.25, 0.3) is 0 Å². The van der Waals surface area contributed by atoms with Crippen molar-refractivity contribution in [1.29, 1.82) is 0 Å². The molecule has 0 aromatic heterocycles. The van der Waals surface area contributed by atoms with E-state index in [0.717, 1.165) is 0 Å². The number of carbonyl (C=O) groups is 2. The van der Waals surface area contributed by atoms with Gasteiger partial charge in [0.05, 0.1) is 37.6 Å². The molecule has 276 valence electrons. The van der Waals surface area contributed by atoms with Crippen LogP contribution in [0.15, 0.2) is 0 Å². The van der Waals surface area contributed by atoms with Crippen molar-refractivity contribution in [2.24, 2.45) is 21.7 Å². The van der Waals surface area contributed by atoms with E-state index in [2.05, 4.69) is 66.0 Å². The highest BCUT2D eigenvalue weighted by Gasteiger charge is 2.66. The molecule has 0 aromatic carbocycles. The molecule has 1 aliphatic rings. The molecular formula is C35H78N2O8. The van der Waals surface area contributed by atoms with E-state index in [1.165, 1.54) is 0 Å². The van der Waals surface area contributed by atoms with Gasteiger partial charge in [0.1, 0.15) is 13.2 Å². The molecular weight excluding hydrogens is 576 g/mol. The van der Waals surface area contributed by atoms with Crippen LogP contribution in [-0.4, -0.2) is 89.3 Å². The topological polar surface area (TPSA) is 114 Å². The second kappa shape index (κ2) is 21.3. The summed E-state index contributed by atoms with van der Waals surface area (Å²) in [6, 6.07) is -0.660. The summed E-state index contributed by atoms with van der Waals surface area (Å²) >= 11 is 0. The van der Waals surface area contributed by atoms with Gasteiger partial charge < -0.3 is 39.1 Å². The Morgan fingerprint density at radius 3 is 1.11 bits per heavy atom. The molecule has 1 rings (SSSR count). The first-order valence-electron chi connectivity index (χ1n) is 14.4. The highest BCUT2D eigenvalue weighted by atomic mass is 16.6. The van der Waals surface area contributed by atoms with Crippen molar-refractivity contribution in [3.05, 3.63) is 0 Å². The monoisotopic (exact) mass is 655 g/mol. The molecule has 10 heteroatoms. The Balaban J connectivity index is -0.00000107. The molecule has 0 saturated heterocycles. The van der Waals surface area contributed by atoms with E-state index in [4.69, 9.17) is 28.4 Å². The van der Waals surface area contributed by atoms with Gasteiger partial charge >= 0.3 is 12.2 Å². The fourth-order valence-corrected chi connectivity index (χ4v) is 5.85. The van der Waals surface area contributed by atoms with Crippen molar-refractivity contribution in [3.63, 3.8) is 0 Å². The van der Waals surface area contributed by atoms with Crippen LogP contribution in [0.3, 0.4) is 0 Å². The number of hydrogen-bond acceptors (Lipinski definition) is 8. The summed E-state index contributed by atoms with van der Waals surface area (Å²) in [7, 11) is 3.25. The molecule has 0 bridgehead atoms. The van der Waals surface area contributed by atoms with Crippen molar-refractivity contribution in [2.45, 2.75) is 157 Å². The lowest BCUT2D eigenvalue weighted by Gasteiger charge is -2.68. The Morgan fingerprint density at radius 1 is 0.556 bits per heavy atom. The summed E-state index contributed by atoms with van der Waals surface area (Å²) < 4.78 is 32.9. The van der Waals surface area contributed by atoms with E-state index >= 15 is 0 Å². The number of rotatable bonds is 14. The van der Waals surface area contributed by atoms with Crippen molar-refractivity contribution < 1.29 is 38.0 Å². The average molecular weight is 655 g/mol. The third-order valence-corrected chi connectivity index (χ3v) is 9.61. The van der Waals surface area contributed by atoms with E-state index in [1.807, 2.05) is 27.7 Å². The maximum Gasteiger partial charge on any atom is 0.407 e. The first-order chi connectivity index (χ1) is 18.2. The Bertz CT molecular complexity index is 753. The summed E-state index contributed by atoms with van der Waals surface area (Å²) in [5.74, 6) is 0. The molecule has 2 amide bonds. The fraction of sp³-hybridized carbons (Fsp3) is 0.943. The van der Waals surface area contributed by atoms with Crippen LogP contribution in [0.2, 0.25) is 0 Å². The van der Waals surface area contributed by atoms with Crippen LogP contribution < -0.4 is 10.6 Å². The first-order valence-corrected chi connectivity index (χ1v) is 14.4. The summed E-state index contributed by atoms with van der Waals surface area (Å²) in [5, 5.41) is 6.29. The minimum Gasteiger partial charge on any atom is -0.447 e. The number of methoxy groups -OCH3 is 2. The molecule has 1 saturated carbocycles. The van der Waals surface area contributed by atoms with Crippen LogP contribution in [0, 0.1) is 21.7 Å². The van der Waals surface area contributed by atoms with Gasteiger partial charge in [-0.3, -0.25) is 0 Å². The van der Waals surface area contributed by atoms with E-state index < -0.39 is 17.6 Å². The quantitative estimate of drug-likeness (QED) is 0.192. The SMILES string of the molecule is C.C.C.C.C.COC(C)COC(C)COC(=O)NC1C(C)(C)C(NC(=O)OCC(C)OCC(C)OC)C(C)(C)C(C)(C)C1(C)C. The zero-order chi connectivity index (χ0) is 31.1. The molecule has 10 nitrogen and oxygen atoms in total. The lowest BCUT2D eigenvalue weighted by molar-refractivity contribution is -0.162. The lowest BCUT2D eigenvalue weighted by Crippen LogP contribution is -2.75. The summed E-state index contributed by atoms with van der Waals surface area (Å²) in [4.78, 5) is 26.1. The van der Waals surface area contributed by atoms with Gasteiger partial charge in [0.2, 0.25) is 0 Å². The van der Waals surface area contributed by atoms with Crippen molar-refractivity contribution >= 4 is 12.2 Å². The van der Waals surface area contributed by atoms with Gasteiger partial charge in [-0.15, -0.1) is 0 Å². The predicted molar refractivity (Wildman–Crippen MR) is 189 cm³/mol. The van der Waals surface area contributed by atoms with Crippen molar-refractivity contribution in [1.82, 2.24) is 10.6 Å². The molecule has 0 heterocycles. The second-order valence-electron chi connectivity index (χ2n) is 13.6. The van der Waals surface area contributed by atoms with E-state index in [-0.39, 0.29) is 103 Å². The third kappa shape index (κ3) is 13.2. The maximum atomic E-state index is 13.0. The Labute approximate surface area is 279 Å². The smallest absolute Gasteiger partial charge is 0.407 e. The maximum absolute atomic E-state index is 13.0. The van der Waals surface area contributed by atoms with Crippen LogP contribution >= 0.6 is 0 Å². The molecule has 1 fully saturated rings. The Morgan fingerprint density at radius 2 is 0.844 bits per heavy atom. The zero-order valence-electron chi connectivity index (χ0n) is 27.6. The van der Waals surface area contributed by atoms with Crippen molar-refractivity contribution in [2.75, 3.05) is 40.6 Å². The number of alkyl carbamates (subject to hydrolysis) is 2. The molecule has 0 radical (unpaired) electrons. The van der Waals surface area contributed by atoms with E-state index in [9.17, 15) is 9.59 Å². The number of nitrogens with one attached hydrogen (secondary N) is 2. The van der Waals surface area contributed by atoms with Gasteiger partial charge in [0.25, 0.3) is 0 Å². The Hall–Kier alpha value is -1.62. The number of ether oxygens (including phenoxy) is 6. The van der Waals surface area contributed by atoms with Gasteiger partial charge in [0, 0.05) is 31.7 Å². The molecule has 0 aromatic rings. The summed E-state index contributed by atoms with van der Waals surface area (Å²) in [6.07, 6.45) is -1.68. The van der Waals surface area contributed by atoms with Crippen LogP contribution in [-0.2, 0) is 28.4 Å². The molecule has 0 spiro atoms. The fourth-order valence-electron chi connectivity index (χ4n) is 5.85. The molecule has 0 aliphatic heterocycles. The van der Waals surface area contributed by atoms with Gasteiger partial charge in [-0.05, 0) is 43.9 Å². The number of amides is 2. The third-order valence-electron chi connectivity index (χ3n) is 9.61. The zero-order valence-corrected chi connectivity index (χ0v) is 27.6. The van der Waals surface area contributed by atoms with Crippen molar-refractivity contribution in [3.8, 4) is 0 Å². The highest BCUT2D eigenvalue weighted by molar-refractivity contribution is 5.69. The van der Waals surface area contributed by atoms with Gasteiger partial charge in [-0.1, -0.05) is 92.5 Å². The van der Waals surface area contributed by atoms with Crippen LogP contribution in [0.4, 0.5) is 9.59 Å². The number of carbonyl (C=O) groups excluding carboxylic acids is 2. The lowest BCUT2D eigenvalue weighted by atomic mass is 9.40. The van der Waals surface area contributed by atoms with E-state index in [1.54, 1.807) is 14.2 Å². The molecule has 45 heavy (non-hydrogen) atoms. The normalized spacial score (nSPS) is 22.8. The highest BCUT2D eigenvalue weighted by Crippen LogP contribution is 2.64. The predicted octanol–water partition coefficient (Wildman–Crippen LogP) is 8.35. The van der Waals surface area contributed by atoms with Gasteiger partial charge in [0.15, 0.2) is 0 Å². The molecule has 6 atom stereocenters. The average Bonchev–Trinajstić information content (AvgIpc) is 2.87. The van der Waals surface area contributed by atoms with E-state index in [0.29, 0.717) is 13.2 Å². The molecule has 2 N–H and O–H groups in total. The van der Waals surface area contributed by atoms with Crippen LogP contribution in [0.5, 0.6) is 0 Å². The van der Waals surface area contributed by atoms with Gasteiger partial charge in [-0.25, -0.2) is 9.59 Å². The Kier molecular flexibility index (Phi) is 25.0. The van der Waals surface area contributed by atoms with Crippen LogP contribution in [0.1, 0.15) is 120 Å². The minimum absolute atomic E-state index is 0. The first kappa shape index (κ1) is 52.9. The number of hydrogen-bond donors (Lipinski definition) is 2. The molecule has 1 aliphatic carbocycles. The minimum atomic E-state index is -0.563. The summed E-state index contributed by atoms with van der Waals surface area (Å²) in [5.41, 5.74) is -1.60. The summed E-state index contributed by atoms with van der Waals surface area (Å²) in [6.45, 7) is 25.7. The standard InChI is InChI=1S/C30H58N2O8.5CH4/c1-19(35-13)15-37-21(3)17-39-25(33)31-23-27(5,6)24(29(9,10)30(11,12)28(23,7)8)32-26(34)40-18-22(4)38-16-20(2)36-14;;;;;/h19-24H,15-18H2,1-14H3,(H,31,33)(H,32,34);5*1H4. The molecule has 6 unspecified atom stereocenters. The second-order valence-corrected chi connectivity index (χ2v) is 13.6. The van der Waals surface area contributed by atoms with Gasteiger partial charge in [-0.2, -0.15) is 0 Å². The largest absolute Gasteiger partial charge is 0.447 e.